The Morgan fingerprint density at radius 1 is 1.07 bits per heavy atom. The number of carbonyl (C=O) groups excluding carboxylic acids is 1. The van der Waals surface area contributed by atoms with Gasteiger partial charge in [-0.3, -0.25) is 4.79 Å². The Labute approximate surface area is 177 Å². The molecule has 30 heavy (non-hydrogen) atoms. The summed E-state index contributed by atoms with van der Waals surface area (Å²) in [6.07, 6.45) is 3.78. The maximum absolute atomic E-state index is 13.1. The summed E-state index contributed by atoms with van der Waals surface area (Å²) < 4.78 is 46.1. The first-order chi connectivity index (χ1) is 14.4. The van der Waals surface area contributed by atoms with E-state index < -0.39 is 10.0 Å². The number of halogens is 1. The molecule has 1 aliphatic heterocycles. The van der Waals surface area contributed by atoms with E-state index in [0.717, 1.165) is 25.7 Å². The van der Waals surface area contributed by atoms with Crippen LogP contribution < -0.4 is 10.1 Å². The smallest absolute Gasteiger partial charge is 0.251 e. The van der Waals surface area contributed by atoms with Gasteiger partial charge < -0.3 is 10.1 Å². The minimum Gasteiger partial charge on any atom is -0.492 e. The molecule has 1 N–H and O–H groups in total. The number of sulfonamides is 1. The number of hydrogen-bond acceptors (Lipinski definition) is 4. The summed E-state index contributed by atoms with van der Waals surface area (Å²) in [5.41, 5.74) is 0.909. The first-order valence-corrected chi connectivity index (χ1v) is 11.6. The van der Waals surface area contributed by atoms with Crippen molar-refractivity contribution >= 4 is 15.9 Å². The van der Waals surface area contributed by atoms with Crippen LogP contribution in [-0.2, 0) is 10.0 Å². The Balaban J connectivity index is 1.63. The van der Waals surface area contributed by atoms with Crippen LogP contribution in [0.4, 0.5) is 4.39 Å². The third-order valence-corrected chi connectivity index (χ3v) is 7.14. The third kappa shape index (κ3) is 5.58. The van der Waals surface area contributed by atoms with Crippen molar-refractivity contribution in [1.82, 2.24) is 9.62 Å². The van der Waals surface area contributed by atoms with Gasteiger partial charge in [0.15, 0.2) is 0 Å². The Morgan fingerprint density at radius 3 is 2.40 bits per heavy atom. The fraction of sp³-hybridized carbons (Fsp3) is 0.409. The van der Waals surface area contributed by atoms with Crippen LogP contribution in [0.25, 0.3) is 0 Å². The topological polar surface area (TPSA) is 75.7 Å². The van der Waals surface area contributed by atoms with E-state index in [1.807, 2.05) is 0 Å². The lowest BCUT2D eigenvalue weighted by molar-refractivity contribution is 0.0946. The molecule has 3 rings (SSSR count). The normalized spacial score (nSPS) is 15.4. The molecular weight excluding hydrogens is 407 g/mol. The maximum Gasteiger partial charge on any atom is 0.251 e. The molecule has 1 saturated heterocycles. The number of aryl methyl sites for hydroxylation is 1. The molecule has 8 heteroatoms. The van der Waals surface area contributed by atoms with Crippen LogP contribution in [0.1, 0.15) is 41.6 Å². The molecule has 0 aliphatic carbocycles. The van der Waals surface area contributed by atoms with Crippen LogP contribution in [0.3, 0.4) is 0 Å². The fourth-order valence-corrected chi connectivity index (χ4v) is 5.17. The number of amides is 1. The molecule has 0 saturated carbocycles. The van der Waals surface area contributed by atoms with Crippen molar-refractivity contribution in [2.24, 2.45) is 0 Å². The predicted octanol–water partition coefficient (Wildman–Crippen LogP) is 3.51. The van der Waals surface area contributed by atoms with Crippen molar-refractivity contribution in [2.75, 3.05) is 26.2 Å². The number of rotatable bonds is 7. The number of carbonyl (C=O) groups is 1. The van der Waals surface area contributed by atoms with Crippen molar-refractivity contribution in [3.63, 3.8) is 0 Å². The van der Waals surface area contributed by atoms with Crippen LogP contribution in [0.15, 0.2) is 47.4 Å². The molecule has 2 aromatic carbocycles. The van der Waals surface area contributed by atoms with Gasteiger partial charge in [-0.25, -0.2) is 12.8 Å². The van der Waals surface area contributed by atoms with Gasteiger partial charge in [0.2, 0.25) is 10.0 Å². The Kier molecular flexibility index (Phi) is 7.44. The first-order valence-electron chi connectivity index (χ1n) is 10.2. The molecule has 0 aromatic heterocycles. The highest BCUT2D eigenvalue weighted by molar-refractivity contribution is 7.89. The monoisotopic (exact) mass is 434 g/mol. The van der Waals surface area contributed by atoms with Crippen molar-refractivity contribution in [3.8, 4) is 5.75 Å². The molecule has 1 amide bonds. The average molecular weight is 435 g/mol. The van der Waals surface area contributed by atoms with Gasteiger partial charge in [0.1, 0.15) is 18.2 Å². The molecule has 2 aromatic rings. The molecule has 162 valence electrons. The molecule has 1 heterocycles. The Hall–Kier alpha value is -2.45. The summed E-state index contributed by atoms with van der Waals surface area (Å²) in [5, 5.41) is 2.72. The largest absolute Gasteiger partial charge is 0.492 e. The van der Waals surface area contributed by atoms with E-state index in [0.29, 0.717) is 24.4 Å². The van der Waals surface area contributed by atoms with E-state index >= 15 is 0 Å². The van der Waals surface area contributed by atoms with Crippen LogP contribution in [0.2, 0.25) is 0 Å². The zero-order valence-corrected chi connectivity index (χ0v) is 17.9. The highest BCUT2D eigenvalue weighted by atomic mass is 32.2. The summed E-state index contributed by atoms with van der Waals surface area (Å²) in [4.78, 5) is 12.7. The van der Waals surface area contributed by atoms with E-state index in [2.05, 4.69) is 5.32 Å². The summed E-state index contributed by atoms with van der Waals surface area (Å²) in [6, 6.07) is 10.3. The lowest BCUT2D eigenvalue weighted by Crippen LogP contribution is -2.33. The van der Waals surface area contributed by atoms with Gasteiger partial charge in [-0.05, 0) is 61.7 Å². The molecule has 1 fully saturated rings. The second-order valence-corrected chi connectivity index (χ2v) is 9.26. The van der Waals surface area contributed by atoms with E-state index in [1.165, 1.54) is 34.6 Å². The standard InChI is InChI=1S/C22H27FN2O4S/c1-17-6-7-18(16-21(17)30(27,28)25-13-4-2-3-5-14-25)22(26)24-12-15-29-20-10-8-19(23)9-11-20/h6-11,16H,2-5,12-15H2,1H3,(H,24,26). The second-order valence-electron chi connectivity index (χ2n) is 7.36. The minimum atomic E-state index is -3.64. The lowest BCUT2D eigenvalue weighted by atomic mass is 10.1. The van der Waals surface area contributed by atoms with Gasteiger partial charge in [-0.15, -0.1) is 0 Å². The summed E-state index contributed by atoms with van der Waals surface area (Å²) in [6.45, 7) is 3.21. The SMILES string of the molecule is Cc1ccc(C(=O)NCCOc2ccc(F)cc2)cc1S(=O)(=O)N1CCCCCC1. The second kappa shape index (κ2) is 10.0. The molecule has 0 unspecified atom stereocenters. The number of benzene rings is 2. The van der Waals surface area contributed by atoms with E-state index in [-0.39, 0.29) is 35.3 Å². The average Bonchev–Trinajstić information content (AvgIpc) is 3.03. The number of nitrogens with one attached hydrogen (secondary N) is 1. The number of nitrogens with zero attached hydrogens (tertiary/aromatic N) is 1. The van der Waals surface area contributed by atoms with Gasteiger partial charge in [0.25, 0.3) is 5.91 Å². The van der Waals surface area contributed by atoms with Crippen molar-refractivity contribution in [3.05, 3.63) is 59.4 Å². The third-order valence-electron chi connectivity index (χ3n) is 5.10. The molecule has 0 atom stereocenters. The number of hydrogen-bond donors (Lipinski definition) is 1. The van der Waals surface area contributed by atoms with E-state index in [9.17, 15) is 17.6 Å². The highest BCUT2D eigenvalue weighted by Crippen LogP contribution is 2.24. The molecular formula is C22H27FN2O4S. The summed E-state index contributed by atoms with van der Waals surface area (Å²) in [7, 11) is -3.64. The Bertz CT molecular complexity index is 969. The molecule has 6 nitrogen and oxygen atoms in total. The van der Waals surface area contributed by atoms with Gasteiger partial charge >= 0.3 is 0 Å². The highest BCUT2D eigenvalue weighted by Gasteiger charge is 2.27. The first kappa shape index (κ1) is 22.2. The minimum absolute atomic E-state index is 0.180. The molecule has 0 bridgehead atoms. The summed E-state index contributed by atoms with van der Waals surface area (Å²) in [5.74, 6) is -0.210. The zero-order chi connectivity index (χ0) is 21.6. The quantitative estimate of drug-likeness (QED) is 0.677. The fourth-order valence-electron chi connectivity index (χ4n) is 3.41. The predicted molar refractivity (Wildman–Crippen MR) is 113 cm³/mol. The zero-order valence-electron chi connectivity index (χ0n) is 17.1. The molecule has 0 radical (unpaired) electrons. The van der Waals surface area contributed by atoms with E-state index in [1.54, 1.807) is 19.1 Å². The summed E-state index contributed by atoms with van der Waals surface area (Å²) >= 11 is 0. The van der Waals surface area contributed by atoms with Gasteiger partial charge in [0.05, 0.1) is 11.4 Å². The van der Waals surface area contributed by atoms with Gasteiger partial charge in [0, 0.05) is 18.7 Å². The van der Waals surface area contributed by atoms with Crippen molar-refractivity contribution in [2.45, 2.75) is 37.5 Å². The van der Waals surface area contributed by atoms with Crippen LogP contribution in [0.5, 0.6) is 5.75 Å². The van der Waals surface area contributed by atoms with Crippen LogP contribution in [0, 0.1) is 12.7 Å². The number of ether oxygens (including phenoxy) is 1. The van der Waals surface area contributed by atoms with E-state index in [4.69, 9.17) is 4.74 Å². The van der Waals surface area contributed by atoms with Crippen LogP contribution >= 0.6 is 0 Å². The van der Waals surface area contributed by atoms with Crippen molar-refractivity contribution < 1.29 is 22.3 Å². The maximum atomic E-state index is 13.1. The van der Waals surface area contributed by atoms with Gasteiger partial charge in [-0.1, -0.05) is 18.9 Å². The van der Waals surface area contributed by atoms with Crippen LogP contribution in [-0.4, -0.2) is 44.9 Å². The van der Waals surface area contributed by atoms with Crippen molar-refractivity contribution in [1.29, 1.82) is 0 Å². The lowest BCUT2D eigenvalue weighted by Gasteiger charge is -2.21. The molecule has 1 aliphatic rings. The Morgan fingerprint density at radius 2 is 1.73 bits per heavy atom. The van der Waals surface area contributed by atoms with Gasteiger partial charge in [-0.2, -0.15) is 4.31 Å². The molecule has 0 spiro atoms.